The van der Waals surface area contributed by atoms with E-state index in [-0.39, 0.29) is 6.73 Å². The first kappa shape index (κ1) is 14.1. The molecule has 0 aromatic heterocycles. The molecule has 0 atom stereocenters. The SMILES string of the molecule is O=S(=O)(O)C(F)(F)COCN1CCSCC1. The lowest BCUT2D eigenvalue weighted by atomic mass is 10.5. The first-order valence-electron chi connectivity index (χ1n) is 4.55. The van der Waals surface area contributed by atoms with Gasteiger partial charge in [-0.1, -0.05) is 0 Å². The molecule has 0 bridgehead atoms. The highest BCUT2D eigenvalue weighted by Gasteiger charge is 2.44. The number of nitrogens with zero attached hydrogens (tertiary/aromatic N) is 1. The topological polar surface area (TPSA) is 66.8 Å². The third kappa shape index (κ3) is 4.13. The number of alkyl halides is 2. The summed E-state index contributed by atoms with van der Waals surface area (Å²) < 4.78 is 58.7. The van der Waals surface area contributed by atoms with Gasteiger partial charge in [0.2, 0.25) is 0 Å². The fraction of sp³-hybridized carbons (Fsp3) is 1.00. The molecule has 5 nitrogen and oxygen atoms in total. The van der Waals surface area contributed by atoms with Crippen LogP contribution in [0.5, 0.6) is 0 Å². The standard InChI is InChI=1S/C7H13F2NO4S2/c8-7(9,16(11,12)13)5-14-6-10-1-3-15-4-2-10/h1-6H2,(H,11,12,13). The second-order valence-corrected chi connectivity index (χ2v) is 6.09. The Hall–Kier alpha value is 0.0400. The van der Waals surface area contributed by atoms with Crippen LogP contribution in [0.3, 0.4) is 0 Å². The van der Waals surface area contributed by atoms with Crippen LogP contribution in [0.4, 0.5) is 8.78 Å². The smallest absolute Gasteiger partial charge is 0.359 e. The number of thioether (sulfide) groups is 1. The van der Waals surface area contributed by atoms with Crippen LogP contribution in [0.1, 0.15) is 0 Å². The molecule has 1 fully saturated rings. The van der Waals surface area contributed by atoms with Gasteiger partial charge in [0.15, 0.2) is 0 Å². The monoisotopic (exact) mass is 277 g/mol. The van der Waals surface area contributed by atoms with Crippen LogP contribution in [0.15, 0.2) is 0 Å². The largest absolute Gasteiger partial charge is 0.392 e. The van der Waals surface area contributed by atoms with Gasteiger partial charge in [0.05, 0.1) is 6.73 Å². The zero-order valence-corrected chi connectivity index (χ0v) is 10.1. The van der Waals surface area contributed by atoms with E-state index < -0.39 is 22.0 Å². The highest BCUT2D eigenvalue weighted by atomic mass is 32.2. The molecule has 96 valence electrons. The van der Waals surface area contributed by atoms with Gasteiger partial charge in [-0.15, -0.1) is 0 Å². The molecule has 1 aliphatic heterocycles. The third-order valence-electron chi connectivity index (χ3n) is 2.03. The molecule has 16 heavy (non-hydrogen) atoms. The predicted octanol–water partition coefficient (Wildman–Crippen LogP) is 0.490. The van der Waals surface area contributed by atoms with Crippen LogP contribution in [-0.2, 0) is 14.9 Å². The van der Waals surface area contributed by atoms with Crippen molar-refractivity contribution in [1.82, 2.24) is 4.90 Å². The van der Waals surface area contributed by atoms with Gasteiger partial charge in [0.25, 0.3) is 0 Å². The average Bonchev–Trinajstić information content (AvgIpc) is 2.17. The summed E-state index contributed by atoms with van der Waals surface area (Å²) in [5, 5.41) is -4.24. The summed E-state index contributed by atoms with van der Waals surface area (Å²) in [6, 6.07) is 0. The van der Waals surface area contributed by atoms with Crippen molar-refractivity contribution in [1.29, 1.82) is 0 Å². The summed E-state index contributed by atoms with van der Waals surface area (Å²) in [7, 11) is -5.39. The zero-order valence-electron chi connectivity index (χ0n) is 8.43. The number of ether oxygens (including phenoxy) is 1. The molecule has 1 heterocycles. The minimum Gasteiger partial charge on any atom is -0.359 e. The molecular formula is C7H13F2NO4S2. The Morgan fingerprint density at radius 3 is 2.44 bits per heavy atom. The molecule has 0 saturated carbocycles. The van der Waals surface area contributed by atoms with E-state index in [9.17, 15) is 17.2 Å². The van der Waals surface area contributed by atoms with Gasteiger partial charge in [-0.2, -0.15) is 29.0 Å². The first-order chi connectivity index (χ1) is 7.33. The summed E-state index contributed by atoms with van der Waals surface area (Å²) in [6.07, 6.45) is 0. The van der Waals surface area contributed by atoms with Crippen molar-refractivity contribution in [2.24, 2.45) is 0 Å². The molecule has 0 aliphatic carbocycles. The first-order valence-corrected chi connectivity index (χ1v) is 7.15. The van der Waals surface area contributed by atoms with E-state index in [0.29, 0.717) is 0 Å². The van der Waals surface area contributed by atoms with Crippen molar-refractivity contribution in [3.63, 3.8) is 0 Å². The van der Waals surface area contributed by atoms with Crippen molar-refractivity contribution >= 4 is 21.9 Å². The molecule has 9 heteroatoms. The van der Waals surface area contributed by atoms with Crippen molar-refractivity contribution in [3.05, 3.63) is 0 Å². The van der Waals surface area contributed by atoms with E-state index in [2.05, 4.69) is 4.74 Å². The molecule has 0 amide bonds. The fourth-order valence-corrected chi connectivity index (χ4v) is 2.31. The van der Waals surface area contributed by atoms with Gasteiger partial charge in [0.1, 0.15) is 6.61 Å². The maximum atomic E-state index is 12.7. The summed E-state index contributed by atoms with van der Waals surface area (Å²) in [4.78, 5) is 1.80. The lowest BCUT2D eigenvalue weighted by Crippen LogP contribution is -2.38. The van der Waals surface area contributed by atoms with Gasteiger partial charge < -0.3 is 4.74 Å². The molecule has 1 saturated heterocycles. The van der Waals surface area contributed by atoms with Crippen LogP contribution in [0, 0.1) is 0 Å². The highest BCUT2D eigenvalue weighted by Crippen LogP contribution is 2.20. The van der Waals surface area contributed by atoms with Crippen LogP contribution < -0.4 is 0 Å². The molecule has 1 rings (SSSR count). The predicted molar refractivity (Wildman–Crippen MR) is 56.2 cm³/mol. The van der Waals surface area contributed by atoms with Gasteiger partial charge in [-0.05, 0) is 0 Å². The second kappa shape index (κ2) is 5.58. The van der Waals surface area contributed by atoms with Crippen LogP contribution in [-0.4, -0.2) is 61.1 Å². The summed E-state index contributed by atoms with van der Waals surface area (Å²) in [5.74, 6) is 1.80. The Balaban J connectivity index is 2.29. The molecule has 0 radical (unpaired) electrons. The van der Waals surface area contributed by atoms with E-state index in [1.165, 1.54) is 0 Å². The molecular weight excluding hydrogens is 264 g/mol. The van der Waals surface area contributed by atoms with Crippen molar-refractivity contribution < 1.29 is 26.5 Å². The Morgan fingerprint density at radius 1 is 1.38 bits per heavy atom. The zero-order chi connectivity index (χ0) is 12.2. The molecule has 0 unspecified atom stereocenters. The number of rotatable bonds is 5. The quantitative estimate of drug-likeness (QED) is 0.738. The van der Waals surface area contributed by atoms with Gasteiger partial charge in [0, 0.05) is 24.6 Å². The van der Waals surface area contributed by atoms with Crippen molar-refractivity contribution in [3.8, 4) is 0 Å². The lowest BCUT2D eigenvalue weighted by molar-refractivity contribution is -0.0535. The maximum Gasteiger partial charge on any atom is 0.392 e. The van der Waals surface area contributed by atoms with Crippen LogP contribution in [0.2, 0.25) is 0 Å². The van der Waals surface area contributed by atoms with E-state index in [1.54, 1.807) is 16.7 Å². The average molecular weight is 277 g/mol. The Bertz CT molecular complexity index is 316. The third-order valence-corrected chi connectivity index (χ3v) is 3.84. The maximum absolute atomic E-state index is 12.7. The second-order valence-electron chi connectivity index (χ2n) is 3.32. The highest BCUT2D eigenvalue weighted by molar-refractivity contribution is 7.99. The van der Waals surface area contributed by atoms with Gasteiger partial charge in [-0.25, -0.2) is 0 Å². The molecule has 1 N–H and O–H groups in total. The molecule has 0 aromatic rings. The lowest BCUT2D eigenvalue weighted by Gasteiger charge is -2.26. The molecule has 1 aliphatic rings. The van der Waals surface area contributed by atoms with E-state index >= 15 is 0 Å². The van der Waals surface area contributed by atoms with Gasteiger partial charge >= 0.3 is 15.4 Å². The van der Waals surface area contributed by atoms with Crippen LogP contribution in [0.25, 0.3) is 0 Å². The number of hydrogen-bond donors (Lipinski definition) is 1. The number of hydrogen-bond acceptors (Lipinski definition) is 5. The fourth-order valence-electron chi connectivity index (χ4n) is 1.10. The van der Waals surface area contributed by atoms with E-state index in [1.807, 2.05) is 0 Å². The Morgan fingerprint density at radius 2 is 1.94 bits per heavy atom. The minimum atomic E-state index is -5.39. The minimum absolute atomic E-state index is 0.0499. The molecule has 0 spiro atoms. The van der Waals surface area contributed by atoms with E-state index in [4.69, 9.17) is 4.55 Å². The molecule has 0 aromatic carbocycles. The normalized spacial score (nSPS) is 19.9. The van der Waals surface area contributed by atoms with Crippen molar-refractivity contribution in [2.45, 2.75) is 5.25 Å². The van der Waals surface area contributed by atoms with Crippen molar-refractivity contribution in [2.75, 3.05) is 37.9 Å². The number of halogens is 2. The Kier molecular flexibility index (Phi) is 4.92. The van der Waals surface area contributed by atoms with Crippen LogP contribution >= 0.6 is 11.8 Å². The summed E-state index contributed by atoms with van der Waals surface area (Å²) in [6.45, 7) is 0.0748. The van der Waals surface area contributed by atoms with E-state index in [0.717, 1.165) is 24.6 Å². The summed E-state index contributed by atoms with van der Waals surface area (Å²) in [5.41, 5.74) is 0. The summed E-state index contributed by atoms with van der Waals surface area (Å²) >= 11 is 1.76. The Labute approximate surface area is 96.9 Å². The van der Waals surface area contributed by atoms with Gasteiger partial charge in [-0.3, -0.25) is 9.45 Å².